The van der Waals surface area contributed by atoms with E-state index in [1.165, 1.54) is 72.8 Å². The maximum atomic E-state index is 3.55. The summed E-state index contributed by atoms with van der Waals surface area (Å²) < 4.78 is 1.17. The first-order valence-electron chi connectivity index (χ1n) is 10.3. The molecular formula is C26H25BrS2. The average molecular weight is 482 g/mol. The predicted molar refractivity (Wildman–Crippen MR) is 134 cm³/mol. The van der Waals surface area contributed by atoms with E-state index < -0.39 is 0 Å². The highest BCUT2D eigenvalue weighted by Crippen LogP contribution is 2.36. The van der Waals surface area contributed by atoms with E-state index in [1.807, 2.05) is 11.3 Å². The third-order valence-electron chi connectivity index (χ3n) is 5.19. The summed E-state index contributed by atoms with van der Waals surface area (Å²) in [4.78, 5) is 3.96. The van der Waals surface area contributed by atoms with E-state index in [-0.39, 0.29) is 0 Å². The summed E-state index contributed by atoms with van der Waals surface area (Å²) in [5.74, 6) is 0. The maximum Gasteiger partial charge on any atom is 0.0705 e. The molecule has 0 spiro atoms. The largest absolute Gasteiger partial charge is 0.135 e. The SMILES string of the molecule is CCCCCCc1ccc(-c2ccc(-c3ccc(-c4ccc(Br)s4)cc3)s2)cc1. The van der Waals surface area contributed by atoms with Gasteiger partial charge in [0, 0.05) is 14.6 Å². The fourth-order valence-corrected chi connectivity index (χ4v) is 5.92. The van der Waals surface area contributed by atoms with Crippen LogP contribution in [0.5, 0.6) is 0 Å². The average Bonchev–Trinajstić information content (AvgIpc) is 3.41. The second-order valence-electron chi connectivity index (χ2n) is 7.35. The molecule has 0 N–H and O–H groups in total. The minimum atomic E-state index is 1.17. The van der Waals surface area contributed by atoms with Gasteiger partial charge in [0.15, 0.2) is 0 Å². The number of rotatable bonds is 8. The van der Waals surface area contributed by atoms with Crippen molar-refractivity contribution in [1.29, 1.82) is 0 Å². The first-order chi connectivity index (χ1) is 14.2. The molecule has 0 nitrogen and oxygen atoms in total. The normalized spacial score (nSPS) is 11.1. The molecule has 148 valence electrons. The molecule has 0 radical (unpaired) electrons. The standard InChI is InChI=1S/C26H25BrS2/c1-2-3-4-5-6-19-7-9-20(10-8-19)23-15-16-24(28-23)21-11-13-22(14-12-21)25-17-18-26(27)29-25/h7-18H,2-6H2,1H3. The second kappa shape index (κ2) is 9.88. The smallest absolute Gasteiger partial charge is 0.0705 e. The van der Waals surface area contributed by atoms with Crippen LogP contribution in [-0.2, 0) is 6.42 Å². The maximum absolute atomic E-state index is 3.55. The molecule has 0 saturated carbocycles. The van der Waals surface area contributed by atoms with Crippen LogP contribution in [0.1, 0.15) is 38.2 Å². The van der Waals surface area contributed by atoms with Gasteiger partial charge < -0.3 is 0 Å². The molecule has 3 heteroatoms. The van der Waals surface area contributed by atoms with Crippen molar-refractivity contribution >= 4 is 38.6 Å². The zero-order chi connectivity index (χ0) is 20.1. The summed E-state index contributed by atoms with van der Waals surface area (Å²) in [5, 5.41) is 0. The Morgan fingerprint density at radius 1 is 0.586 bits per heavy atom. The molecule has 2 aromatic heterocycles. The van der Waals surface area contributed by atoms with Crippen molar-refractivity contribution in [3.05, 3.63) is 82.1 Å². The zero-order valence-corrected chi connectivity index (χ0v) is 19.9. The summed E-state index contributed by atoms with van der Waals surface area (Å²) >= 11 is 7.19. The number of thiophene rings is 2. The Kier molecular flexibility index (Phi) is 7.02. The minimum Gasteiger partial charge on any atom is -0.135 e. The molecule has 0 aliphatic rings. The lowest BCUT2D eigenvalue weighted by Crippen LogP contribution is -1.85. The molecule has 4 rings (SSSR count). The van der Waals surface area contributed by atoms with E-state index in [9.17, 15) is 0 Å². The molecule has 0 atom stereocenters. The van der Waals surface area contributed by atoms with E-state index in [1.54, 1.807) is 11.3 Å². The van der Waals surface area contributed by atoms with Crippen LogP contribution in [0, 0.1) is 0 Å². The van der Waals surface area contributed by atoms with E-state index in [2.05, 4.69) is 95.7 Å². The van der Waals surface area contributed by atoms with Gasteiger partial charge in [-0.2, -0.15) is 0 Å². The lowest BCUT2D eigenvalue weighted by Gasteiger charge is -2.03. The van der Waals surface area contributed by atoms with Crippen molar-refractivity contribution in [3.63, 3.8) is 0 Å². The summed E-state index contributed by atoms with van der Waals surface area (Å²) in [5.41, 5.74) is 5.33. The van der Waals surface area contributed by atoms with Gasteiger partial charge in [0.2, 0.25) is 0 Å². The van der Waals surface area contributed by atoms with Crippen molar-refractivity contribution < 1.29 is 0 Å². The van der Waals surface area contributed by atoms with E-state index >= 15 is 0 Å². The summed E-state index contributed by atoms with van der Waals surface area (Å²) in [6, 6.07) is 26.8. The van der Waals surface area contributed by atoms with E-state index in [0.29, 0.717) is 0 Å². The molecule has 0 aliphatic carbocycles. The fourth-order valence-electron chi connectivity index (χ4n) is 3.51. The van der Waals surface area contributed by atoms with Crippen LogP contribution >= 0.6 is 38.6 Å². The topological polar surface area (TPSA) is 0 Å². The highest BCUT2D eigenvalue weighted by molar-refractivity contribution is 9.11. The molecular weight excluding hydrogens is 456 g/mol. The molecule has 4 aromatic rings. The lowest BCUT2D eigenvalue weighted by atomic mass is 10.0. The number of hydrogen-bond acceptors (Lipinski definition) is 2. The molecule has 0 saturated heterocycles. The van der Waals surface area contributed by atoms with Crippen LogP contribution in [0.15, 0.2) is 76.6 Å². The molecule has 0 bridgehead atoms. The Balaban J connectivity index is 1.44. The van der Waals surface area contributed by atoms with Crippen molar-refractivity contribution in [1.82, 2.24) is 0 Å². The van der Waals surface area contributed by atoms with Gasteiger partial charge in [0.05, 0.1) is 3.79 Å². The van der Waals surface area contributed by atoms with Crippen molar-refractivity contribution in [3.8, 4) is 31.3 Å². The van der Waals surface area contributed by atoms with Crippen LogP contribution in [0.4, 0.5) is 0 Å². The predicted octanol–water partition coefficient (Wildman–Crippen LogP) is 9.70. The van der Waals surface area contributed by atoms with Gasteiger partial charge in [-0.1, -0.05) is 74.7 Å². The Morgan fingerprint density at radius 2 is 1.10 bits per heavy atom. The number of hydrogen-bond donors (Lipinski definition) is 0. The highest BCUT2D eigenvalue weighted by atomic mass is 79.9. The molecule has 0 aliphatic heterocycles. The molecule has 2 heterocycles. The van der Waals surface area contributed by atoms with Gasteiger partial charge in [-0.15, -0.1) is 22.7 Å². The van der Waals surface area contributed by atoms with Crippen molar-refractivity contribution in [2.75, 3.05) is 0 Å². The van der Waals surface area contributed by atoms with Crippen LogP contribution in [0.3, 0.4) is 0 Å². The first-order valence-corrected chi connectivity index (χ1v) is 12.7. The van der Waals surface area contributed by atoms with Gasteiger partial charge in [-0.05, 0) is 75.3 Å². The van der Waals surface area contributed by atoms with Crippen molar-refractivity contribution in [2.24, 2.45) is 0 Å². The third kappa shape index (κ3) is 5.28. The number of halogens is 1. The second-order valence-corrected chi connectivity index (χ2v) is 10.9. The summed E-state index contributed by atoms with van der Waals surface area (Å²) in [7, 11) is 0. The van der Waals surface area contributed by atoms with Gasteiger partial charge in [0.1, 0.15) is 0 Å². The Morgan fingerprint density at radius 3 is 1.62 bits per heavy atom. The molecule has 0 fully saturated rings. The fraction of sp³-hybridized carbons (Fsp3) is 0.231. The molecule has 2 aromatic carbocycles. The Hall–Kier alpha value is -1.68. The number of aryl methyl sites for hydroxylation is 1. The Labute approximate surface area is 190 Å². The third-order valence-corrected chi connectivity index (χ3v) is 8.05. The molecule has 0 unspecified atom stereocenters. The van der Waals surface area contributed by atoms with Gasteiger partial charge >= 0.3 is 0 Å². The minimum absolute atomic E-state index is 1.17. The summed E-state index contributed by atoms with van der Waals surface area (Å²) in [6.45, 7) is 2.27. The van der Waals surface area contributed by atoms with Crippen LogP contribution in [-0.4, -0.2) is 0 Å². The molecule has 29 heavy (non-hydrogen) atoms. The first kappa shape index (κ1) is 20.6. The Bertz CT molecular complexity index is 1040. The highest BCUT2D eigenvalue weighted by Gasteiger charge is 2.07. The zero-order valence-electron chi connectivity index (χ0n) is 16.7. The van der Waals surface area contributed by atoms with E-state index in [0.717, 1.165) is 0 Å². The van der Waals surface area contributed by atoms with E-state index in [4.69, 9.17) is 0 Å². The summed E-state index contributed by atoms with van der Waals surface area (Å²) in [6.07, 6.45) is 6.49. The quantitative estimate of drug-likeness (QED) is 0.220. The van der Waals surface area contributed by atoms with Crippen LogP contribution in [0.25, 0.3) is 31.3 Å². The van der Waals surface area contributed by atoms with Gasteiger partial charge in [-0.25, -0.2) is 0 Å². The monoisotopic (exact) mass is 480 g/mol. The number of benzene rings is 2. The van der Waals surface area contributed by atoms with Gasteiger partial charge in [0.25, 0.3) is 0 Å². The molecule has 0 amide bonds. The number of unbranched alkanes of at least 4 members (excludes halogenated alkanes) is 3. The lowest BCUT2D eigenvalue weighted by molar-refractivity contribution is 0.667. The van der Waals surface area contributed by atoms with Crippen molar-refractivity contribution in [2.45, 2.75) is 39.0 Å². The van der Waals surface area contributed by atoms with Crippen LogP contribution < -0.4 is 0 Å². The van der Waals surface area contributed by atoms with Crippen LogP contribution in [0.2, 0.25) is 0 Å². The van der Waals surface area contributed by atoms with Gasteiger partial charge in [-0.3, -0.25) is 0 Å².